The first-order valence-corrected chi connectivity index (χ1v) is 12.7. The van der Waals surface area contributed by atoms with Crippen molar-refractivity contribution < 1.29 is 18.0 Å². The molecule has 9 heteroatoms. The highest BCUT2D eigenvalue weighted by Gasteiger charge is 2.25. The van der Waals surface area contributed by atoms with Crippen LogP contribution >= 0.6 is 0 Å². The first-order chi connectivity index (χ1) is 17.2. The maximum Gasteiger partial charge on any atom is 0.242 e. The minimum atomic E-state index is -3.75. The third-order valence-corrected chi connectivity index (χ3v) is 7.78. The van der Waals surface area contributed by atoms with Crippen molar-refractivity contribution in [2.24, 2.45) is 0 Å². The zero-order chi connectivity index (χ0) is 25.9. The Kier molecular flexibility index (Phi) is 7.23. The van der Waals surface area contributed by atoms with Crippen LogP contribution in [0.1, 0.15) is 28.2 Å². The number of Topliss-reactive ketones (excluding diaryl/α,β-unsaturated/α-hetero) is 1. The second-order valence-electron chi connectivity index (χ2n) is 8.57. The molecule has 0 N–H and O–H groups in total. The molecule has 184 valence electrons. The number of carbonyl (C=O) groups excluding carboxylic acids is 2. The molecule has 1 amide bonds. The van der Waals surface area contributed by atoms with Gasteiger partial charge in [-0.2, -0.15) is 0 Å². The molecule has 0 aliphatic rings. The highest BCUT2D eigenvalue weighted by molar-refractivity contribution is 7.89. The molecule has 0 fully saturated rings. The molecule has 1 heterocycles. The SMILES string of the molecule is Cc1ccc(N(Cc2ccc3ccccc3c2)C(=O)CC(=O)c2ncccn2)cc1S(=O)(=O)N(C)C. The Morgan fingerprint density at radius 2 is 1.56 bits per heavy atom. The minimum absolute atomic E-state index is 0.0451. The largest absolute Gasteiger partial charge is 0.308 e. The van der Waals surface area contributed by atoms with E-state index < -0.39 is 28.1 Å². The molecule has 0 radical (unpaired) electrons. The lowest BCUT2D eigenvalue weighted by molar-refractivity contribution is -0.117. The molecular weight excluding hydrogens is 476 g/mol. The molecule has 36 heavy (non-hydrogen) atoms. The summed E-state index contributed by atoms with van der Waals surface area (Å²) in [4.78, 5) is 35.6. The summed E-state index contributed by atoms with van der Waals surface area (Å²) in [7, 11) is -0.836. The Labute approximate surface area is 210 Å². The topological polar surface area (TPSA) is 101 Å². The molecule has 0 saturated carbocycles. The van der Waals surface area contributed by atoms with Crippen molar-refractivity contribution in [2.75, 3.05) is 19.0 Å². The van der Waals surface area contributed by atoms with Crippen molar-refractivity contribution in [3.05, 3.63) is 96.1 Å². The van der Waals surface area contributed by atoms with Gasteiger partial charge in [0, 0.05) is 32.2 Å². The number of aryl methyl sites for hydroxylation is 1. The fourth-order valence-electron chi connectivity index (χ4n) is 3.83. The third kappa shape index (κ3) is 5.32. The van der Waals surface area contributed by atoms with Crippen LogP contribution < -0.4 is 4.90 Å². The van der Waals surface area contributed by atoms with Gasteiger partial charge >= 0.3 is 0 Å². The number of carbonyl (C=O) groups is 2. The van der Waals surface area contributed by atoms with Crippen molar-refractivity contribution in [1.82, 2.24) is 14.3 Å². The average Bonchev–Trinajstić information content (AvgIpc) is 2.87. The monoisotopic (exact) mass is 502 g/mol. The molecule has 0 aliphatic heterocycles. The normalized spacial score (nSPS) is 11.6. The van der Waals surface area contributed by atoms with Crippen molar-refractivity contribution in [2.45, 2.75) is 24.8 Å². The van der Waals surface area contributed by atoms with Gasteiger partial charge in [-0.3, -0.25) is 9.59 Å². The maximum absolute atomic E-state index is 13.5. The van der Waals surface area contributed by atoms with E-state index >= 15 is 0 Å². The Morgan fingerprint density at radius 1 is 0.861 bits per heavy atom. The van der Waals surface area contributed by atoms with Crippen LogP contribution in [0.15, 0.2) is 84.0 Å². The standard InChI is InChI=1S/C27H26N4O4S/c1-19-9-12-23(16-25(19)36(34,35)30(2)3)31(26(33)17-24(32)27-28-13-6-14-29-27)18-20-10-11-21-7-4-5-8-22(21)15-20/h4-16H,17-18H2,1-3H3. The van der Waals surface area contributed by atoms with E-state index in [0.717, 1.165) is 20.6 Å². The summed E-state index contributed by atoms with van der Waals surface area (Å²) in [6.45, 7) is 1.85. The molecule has 0 atom stereocenters. The quantitative estimate of drug-likeness (QED) is 0.267. The molecule has 4 aromatic rings. The fourth-order valence-corrected chi connectivity index (χ4v) is 4.97. The van der Waals surface area contributed by atoms with Gasteiger partial charge < -0.3 is 4.90 Å². The first kappa shape index (κ1) is 25.2. The van der Waals surface area contributed by atoms with Gasteiger partial charge in [0.05, 0.1) is 17.9 Å². The van der Waals surface area contributed by atoms with Crippen LogP contribution in [0.4, 0.5) is 5.69 Å². The molecule has 1 aromatic heterocycles. The summed E-state index contributed by atoms with van der Waals surface area (Å²) < 4.78 is 27.0. The maximum atomic E-state index is 13.5. The Bertz CT molecular complexity index is 1540. The number of ketones is 1. The van der Waals surface area contributed by atoms with E-state index in [1.807, 2.05) is 42.5 Å². The highest BCUT2D eigenvalue weighted by Crippen LogP contribution is 2.27. The number of amides is 1. The Hall–Kier alpha value is -3.95. The van der Waals surface area contributed by atoms with Crippen LogP contribution in [0.2, 0.25) is 0 Å². The van der Waals surface area contributed by atoms with E-state index in [1.54, 1.807) is 25.1 Å². The molecule has 0 spiro atoms. The predicted octanol–water partition coefficient (Wildman–Crippen LogP) is 3.99. The molecule has 0 aliphatic carbocycles. The number of rotatable bonds is 8. The van der Waals surface area contributed by atoms with Gasteiger partial charge in [0.15, 0.2) is 5.82 Å². The van der Waals surface area contributed by atoms with Gasteiger partial charge in [0.25, 0.3) is 0 Å². The van der Waals surface area contributed by atoms with Crippen LogP contribution in [-0.2, 0) is 21.4 Å². The van der Waals surface area contributed by atoms with E-state index in [1.165, 1.54) is 37.5 Å². The second-order valence-corrected chi connectivity index (χ2v) is 10.7. The summed E-state index contributed by atoms with van der Waals surface area (Å²) >= 11 is 0. The fraction of sp³-hybridized carbons (Fsp3) is 0.185. The van der Waals surface area contributed by atoms with Gasteiger partial charge in [0.2, 0.25) is 21.7 Å². The number of nitrogens with zero attached hydrogens (tertiary/aromatic N) is 4. The van der Waals surface area contributed by atoms with Crippen molar-refractivity contribution >= 4 is 38.2 Å². The van der Waals surface area contributed by atoms with Gasteiger partial charge in [-0.05, 0) is 53.1 Å². The summed E-state index contributed by atoms with van der Waals surface area (Å²) in [5.41, 5.74) is 1.77. The highest BCUT2D eigenvalue weighted by atomic mass is 32.2. The van der Waals surface area contributed by atoms with Gasteiger partial charge in [-0.15, -0.1) is 0 Å². The summed E-state index contributed by atoms with van der Waals surface area (Å²) in [5.74, 6) is -1.05. The lowest BCUT2D eigenvalue weighted by atomic mass is 10.1. The molecule has 8 nitrogen and oxygen atoms in total. The van der Waals surface area contributed by atoms with E-state index in [0.29, 0.717) is 11.3 Å². The first-order valence-electron chi connectivity index (χ1n) is 11.3. The van der Waals surface area contributed by atoms with E-state index in [-0.39, 0.29) is 17.3 Å². The summed E-state index contributed by atoms with van der Waals surface area (Å²) in [5, 5.41) is 2.07. The van der Waals surface area contributed by atoms with Crippen molar-refractivity contribution in [3.8, 4) is 0 Å². The molecule has 0 unspecified atom stereocenters. The summed E-state index contributed by atoms with van der Waals surface area (Å²) in [6, 6.07) is 20.1. The number of benzene rings is 3. The molecule has 4 rings (SSSR count). The predicted molar refractivity (Wildman–Crippen MR) is 138 cm³/mol. The van der Waals surface area contributed by atoms with E-state index in [9.17, 15) is 18.0 Å². The molecule has 0 bridgehead atoms. The lowest BCUT2D eigenvalue weighted by Crippen LogP contribution is -2.33. The van der Waals surface area contributed by atoms with Crippen LogP contribution in [0.3, 0.4) is 0 Å². The van der Waals surface area contributed by atoms with Crippen LogP contribution in [0.25, 0.3) is 10.8 Å². The molecule has 3 aromatic carbocycles. The lowest BCUT2D eigenvalue weighted by Gasteiger charge is -2.25. The number of hydrogen-bond donors (Lipinski definition) is 0. The number of sulfonamides is 1. The van der Waals surface area contributed by atoms with E-state index in [2.05, 4.69) is 9.97 Å². The second kappa shape index (κ2) is 10.3. The van der Waals surface area contributed by atoms with Crippen LogP contribution in [0.5, 0.6) is 0 Å². The zero-order valence-corrected chi connectivity index (χ0v) is 21.1. The Morgan fingerprint density at radius 3 is 2.25 bits per heavy atom. The zero-order valence-electron chi connectivity index (χ0n) is 20.2. The van der Waals surface area contributed by atoms with Crippen LogP contribution in [-0.4, -0.2) is 48.5 Å². The number of fused-ring (bicyclic) bond motifs is 1. The van der Waals surface area contributed by atoms with Gasteiger partial charge in [-0.1, -0.05) is 42.5 Å². The van der Waals surface area contributed by atoms with Crippen molar-refractivity contribution in [1.29, 1.82) is 0 Å². The van der Waals surface area contributed by atoms with Crippen molar-refractivity contribution in [3.63, 3.8) is 0 Å². The number of anilines is 1. The van der Waals surface area contributed by atoms with E-state index in [4.69, 9.17) is 0 Å². The van der Waals surface area contributed by atoms with Crippen LogP contribution in [0, 0.1) is 6.92 Å². The minimum Gasteiger partial charge on any atom is -0.308 e. The smallest absolute Gasteiger partial charge is 0.242 e. The number of hydrogen-bond acceptors (Lipinski definition) is 6. The Balaban J connectivity index is 1.74. The van der Waals surface area contributed by atoms with Gasteiger partial charge in [-0.25, -0.2) is 22.7 Å². The third-order valence-electron chi connectivity index (χ3n) is 5.82. The molecule has 0 saturated heterocycles. The van der Waals surface area contributed by atoms with Gasteiger partial charge in [0.1, 0.15) is 0 Å². The number of aromatic nitrogens is 2. The summed E-state index contributed by atoms with van der Waals surface area (Å²) in [6.07, 6.45) is 2.42. The molecular formula is C27H26N4O4S. The average molecular weight is 503 g/mol.